The molecule has 2 fully saturated rings. The lowest BCUT2D eigenvalue weighted by molar-refractivity contribution is -0.136. The summed E-state index contributed by atoms with van der Waals surface area (Å²) in [6, 6.07) is 16.0. The van der Waals surface area contributed by atoms with Gasteiger partial charge in [0.05, 0.1) is 0 Å². The standard InChI is InChI=1S/C27H32N4O3/c1-27(12-5-13-30(18-27)16-19-6-3-2-4-7-19)28-15-20-8-9-22-21(14-20)17-31(26(22)34)23-10-11-24(32)29-25(23)33/h2-4,6-9,14,23,28H,5,10-13,15-18H2,1H3,(H,29,32,33)/t23?,27-/m1/s1. The first-order valence-corrected chi connectivity index (χ1v) is 12.2. The van der Waals surface area contributed by atoms with Crippen molar-refractivity contribution in [2.45, 2.75) is 63.8 Å². The van der Waals surface area contributed by atoms with Crippen molar-refractivity contribution in [1.82, 2.24) is 20.4 Å². The van der Waals surface area contributed by atoms with E-state index in [1.807, 2.05) is 12.1 Å². The average Bonchev–Trinajstić information content (AvgIpc) is 3.14. The molecule has 2 saturated heterocycles. The monoisotopic (exact) mass is 460 g/mol. The lowest BCUT2D eigenvalue weighted by atomic mass is 9.90. The van der Waals surface area contributed by atoms with Crippen molar-refractivity contribution in [2.24, 2.45) is 0 Å². The molecule has 34 heavy (non-hydrogen) atoms. The second-order valence-corrected chi connectivity index (χ2v) is 10.1. The van der Waals surface area contributed by atoms with E-state index in [9.17, 15) is 14.4 Å². The van der Waals surface area contributed by atoms with Crippen LogP contribution in [0.1, 0.15) is 59.7 Å². The summed E-state index contributed by atoms with van der Waals surface area (Å²) in [5.74, 6) is -0.762. The van der Waals surface area contributed by atoms with Crippen molar-refractivity contribution in [3.63, 3.8) is 0 Å². The molecule has 2 atom stereocenters. The highest BCUT2D eigenvalue weighted by atomic mass is 16.2. The van der Waals surface area contributed by atoms with Crippen molar-refractivity contribution in [1.29, 1.82) is 0 Å². The topological polar surface area (TPSA) is 81.8 Å². The number of nitrogens with zero attached hydrogens (tertiary/aromatic N) is 2. The Morgan fingerprint density at radius 1 is 1.09 bits per heavy atom. The first-order valence-electron chi connectivity index (χ1n) is 12.2. The van der Waals surface area contributed by atoms with E-state index < -0.39 is 6.04 Å². The van der Waals surface area contributed by atoms with Crippen molar-refractivity contribution in [2.75, 3.05) is 13.1 Å². The van der Waals surface area contributed by atoms with Gasteiger partial charge >= 0.3 is 0 Å². The molecule has 7 nitrogen and oxygen atoms in total. The van der Waals surface area contributed by atoms with E-state index in [2.05, 4.69) is 58.9 Å². The Hall–Kier alpha value is -3.03. The maximum atomic E-state index is 12.9. The van der Waals surface area contributed by atoms with Crippen LogP contribution in [0.15, 0.2) is 48.5 Å². The van der Waals surface area contributed by atoms with E-state index in [4.69, 9.17) is 0 Å². The number of amides is 3. The lowest BCUT2D eigenvalue weighted by Gasteiger charge is -2.41. The molecule has 0 radical (unpaired) electrons. The fourth-order valence-corrected chi connectivity index (χ4v) is 5.52. The number of carbonyl (C=O) groups excluding carboxylic acids is 3. The van der Waals surface area contributed by atoms with E-state index in [0.29, 0.717) is 18.5 Å². The van der Waals surface area contributed by atoms with Crippen molar-refractivity contribution >= 4 is 17.7 Å². The maximum absolute atomic E-state index is 12.9. The van der Waals surface area contributed by atoms with Crippen LogP contribution in [0.3, 0.4) is 0 Å². The highest BCUT2D eigenvalue weighted by molar-refractivity contribution is 6.05. The van der Waals surface area contributed by atoms with Crippen molar-refractivity contribution < 1.29 is 14.4 Å². The van der Waals surface area contributed by atoms with Crippen LogP contribution in [0.5, 0.6) is 0 Å². The summed E-state index contributed by atoms with van der Waals surface area (Å²) in [7, 11) is 0. The number of likely N-dealkylation sites (tertiary alicyclic amines) is 1. The minimum atomic E-state index is -0.573. The zero-order valence-electron chi connectivity index (χ0n) is 19.7. The number of piperidine rings is 2. The Balaban J connectivity index is 1.21. The van der Waals surface area contributed by atoms with Gasteiger partial charge in [0.25, 0.3) is 5.91 Å². The number of hydrogen-bond acceptors (Lipinski definition) is 5. The molecule has 3 amide bonds. The molecule has 0 aliphatic carbocycles. The predicted octanol–water partition coefficient (Wildman–Crippen LogP) is 2.59. The number of benzene rings is 2. The number of nitrogens with one attached hydrogen (secondary N) is 2. The Kier molecular flexibility index (Phi) is 6.23. The third-order valence-corrected chi connectivity index (χ3v) is 7.33. The van der Waals surface area contributed by atoms with Crippen LogP contribution in [-0.2, 0) is 29.2 Å². The minimum absolute atomic E-state index is 0.0284. The number of carbonyl (C=O) groups is 3. The van der Waals surface area contributed by atoms with Gasteiger partial charge in [-0.05, 0) is 55.5 Å². The molecular weight excluding hydrogens is 428 g/mol. The Morgan fingerprint density at radius 2 is 1.91 bits per heavy atom. The molecule has 2 N–H and O–H groups in total. The molecule has 3 aliphatic heterocycles. The van der Waals surface area contributed by atoms with Crippen LogP contribution in [0.4, 0.5) is 0 Å². The van der Waals surface area contributed by atoms with Gasteiger partial charge in [-0.2, -0.15) is 0 Å². The van der Waals surface area contributed by atoms with Crippen molar-refractivity contribution in [3.05, 3.63) is 70.8 Å². The molecular formula is C27H32N4O3. The Bertz CT molecular complexity index is 1100. The molecule has 178 valence electrons. The number of fused-ring (bicyclic) bond motifs is 1. The molecule has 7 heteroatoms. The fourth-order valence-electron chi connectivity index (χ4n) is 5.52. The van der Waals surface area contributed by atoms with E-state index >= 15 is 0 Å². The predicted molar refractivity (Wildman–Crippen MR) is 129 cm³/mol. The largest absolute Gasteiger partial charge is 0.322 e. The molecule has 0 bridgehead atoms. The first-order chi connectivity index (χ1) is 16.4. The summed E-state index contributed by atoms with van der Waals surface area (Å²) in [6.45, 7) is 6.52. The van der Waals surface area contributed by atoms with Gasteiger partial charge in [0, 0.05) is 43.7 Å². The third kappa shape index (κ3) is 4.76. The Morgan fingerprint density at radius 3 is 2.71 bits per heavy atom. The van der Waals surface area contributed by atoms with Gasteiger partial charge in [0.15, 0.2) is 0 Å². The molecule has 3 aliphatic rings. The van der Waals surface area contributed by atoms with Crippen LogP contribution in [0, 0.1) is 0 Å². The second kappa shape index (κ2) is 9.31. The zero-order chi connectivity index (χ0) is 23.7. The highest BCUT2D eigenvalue weighted by Gasteiger charge is 2.39. The summed E-state index contributed by atoms with van der Waals surface area (Å²) in [5, 5.41) is 6.14. The summed E-state index contributed by atoms with van der Waals surface area (Å²) in [6.07, 6.45) is 2.95. The first kappa shape index (κ1) is 22.7. The van der Waals surface area contributed by atoms with E-state index in [0.717, 1.165) is 50.1 Å². The third-order valence-electron chi connectivity index (χ3n) is 7.33. The van der Waals surface area contributed by atoms with Crippen LogP contribution in [-0.4, -0.2) is 52.2 Å². The normalized spacial score (nSPS) is 25.4. The fraction of sp³-hybridized carbons (Fsp3) is 0.444. The van der Waals surface area contributed by atoms with Gasteiger partial charge in [-0.3, -0.25) is 24.6 Å². The van der Waals surface area contributed by atoms with E-state index in [1.165, 1.54) is 5.56 Å². The SMILES string of the molecule is C[C@@]1(NCc2ccc3c(c2)CN(C2CCC(=O)NC2=O)C3=O)CCCN(Cc2ccccc2)C1. The quantitative estimate of drug-likeness (QED) is 0.648. The van der Waals surface area contributed by atoms with Gasteiger partial charge in [-0.1, -0.05) is 42.5 Å². The summed E-state index contributed by atoms with van der Waals surface area (Å²) in [5.41, 5.74) is 4.12. The van der Waals surface area contributed by atoms with Crippen LogP contribution >= 0.6 is 0 Å². The molecule has 0 aromatic heterocycles. The molecule has 2 aromatic carbocycles. The summed E-state index contributed by atoms with van der Waals surface area (Å²) >= 11 is 0. The van der Waals surface area contributed by atoms with Crippen molar-refractivity contribution in [3.8, 4) is 0 Å². The lowest BCUT2D eigenvalue weighted by Crippen LogP contribution is -2.54. The average molecular weight is 461 g/mol. The van der Waals surface area contributed by atoms with Gasteiger partial charge in [0.1, 0.15) is 6.04 Å². The molecule has 0 saturated carbocycles. The van der Waals surface area contributed by atoms with Gasteiger partial charge in [0.2, 0.25) is 11.8 Å². The number of hydrogen-bond donors (Lipinski definition) is 2. The zero-order valence-corrected chi connectivity index (χ0v) is 19.7. The van der Waals surface area contributed by atoms with Crippen LogP contribution in [0.2, 0.25) is 0 Å². The molecule has 3 heterocycles. The molecule has 1 unspecified atom stereocenters. The summed E-state index contributed by atoms with van der Waals surface area (Å²) < 4.78 is 0. The van der Waals surface area contributed by atoms with Gasteiger partial charge in [-0.25, -0.2) is 0 Å². The van der Waals surface area contributed by atoms with E-state index in [-0.39, 0.29) is 29.7 Å². The van der Waals surface area contributed by atoms with Crippen LogP contribution < -0.4 is 10.6 Å². The van der Waals surface area contributed by atoms with Crippen LogP contribution in [0.25, 0.3) is 0 Å². The minimum Gasteiger partial charge on any atom is -0.322 e. The number of rotatable bonds is 6. The van der Waals surface area contributed by atoms with Gasteiger partial charge in [-0.15, -0.1) is 0 Å². The van der Waals surface area contributed by atoms with E-state index in [1.54, 1.807) is 4.90 Å². The summed E-state index contributed by atoms with van der Waals surface area (Å²) in [4.78, 5) is 40.8. The highest BCUT2D eigenvalue weighted by Crippen LogP contribution is 2.29. The molecule has 0 spiro atoms. The Labute approximate surface area is 200 Å². The molecule has 5 rings (SSSR count). The van der Waals surface area contributed by atoms with Gasteiger partial charge < -0.3 is 10.2 Å². The maximum Gasteiger partial charge on any atom is 0.255 e. The number of imide groups is 1. The smallest absolute Gasteiger partial charge is 0.255 e. The second-order valence-electron chi connectivity index (χ2n) is 10.1. The molecule has 2 aromatic rings.